The zero-order valence-corrected chi connectivity index (χ0v) is 13.7. The highest BCUT2D eigenvalue weighted by Gasteiger charge is 2.22. The van der Waals surface area contributed by atoms with Crippen LogP contribution in [0.25, 0.3) is 10.9 Å². The molecule has 1 aliphatic rings. The van der Waals surface area contributed by atoms with Crippen LogP contribution in [0.4, 0.5) is 0 Å². The number of fused-ring (bicyclic) bond motifs is 1. The van der Waals surface area contributed by atoms with Gasteiger partial charge in [0.25, 0.3) is 0 Å². The first kappa shape index (κ1) is 16.5. The number of carboxylic acids is 1. The fourth-order valence-electron chi connectivity index (χ4n) is 2.38. The summed E-state index contributed by atoms with van der Waals surface area (Å²) in [6.45, 7) is 1.75. The molecule has 0 spiro atoms. The van der Waals surface area contributed by atoms with Crippen LogP contribution in [0.15, 0.2) is 24.3 Å². The lowest BCUT2D eigenvalue weighted by atomic mass is 10.1. The van der Waals surface area contributed by atoms with Crippen molar-refractivity contribution in [2.45, 2.75) is 19.3 Å². The predicted octanol–water partition coefficient (Wildman–Crippen LogP) is 3.14. The average molecular weight is 331 g/mol. The van der Waals surface area contributed by atoms with E-state index in [1.54, 1.807) is 13.2 Å². The smallest absolute Gasteiger partial charge is 0.354 e. The van der Waals surface area contributed by atoms with Crippen molar-refractivity contribution < 1.29 is 24.1 Å². The summed E-state index contributed by atoms with van der Waals surface area (Å²) < 4.78 is 16.6. The second kappa shape index (κ2) is 7.49. The van der Waals surface area contributed by atoms with Crippen molar-refractivity contribution in [3.8, 4) is 11.5 Å². The van der Waals surface area contributed by atoms with Gasteiger partial charge >= 0.3 is 5.97 Å². The van der Waals surface area contributed by atoms with Crippen LogP contribution in [0.5, 0.6) is 11.5 Å². The molecule has 6 heteroatoms. The van der Waals surface area contributed by atoms with Gasteiger partial charge in [-0.25, -0.2) is 9.78 Å². The van der Waals surface area contributed by atoms with Crippen molar-refractivity contribution in [1.29, 1.82) is 0 Å². The highest BCUT2D eigenvalue weighted by atomic mass is 16.5. The number of aromatic nitrogens is 1. The Morgan fingerprint density at radius 1 is 1.25 bits per heavy atom. The zero-order valence-electron chi connectivity index (χ0n) is 13.7. The molecular weight excluding hydrogens is 310 g/mol. The number of nitrogens with zero attached hydrogens (tertiary/aromatic N) is 1. The zero-order chi connectivity index (χ0) is 16.9. The van der Waals surface area contributed by atoms with E-state index < -0.39 is 5.97 Å². The van der Waals surface area contributed by atoms with Gasteiger partial charge in [-0.3, -0.25) is 0 Å². The number of aromatic carboxylic acids is 1. The predicted molar refractivity (Wildman–Crippen MR) is 88.9 cm³/mol. The maximum Gasteiger partial charge on any atom is 0.354 e. The molecule has 1 saturated carbocycles. The Hall–Kier alpha value is -2.34. The summed E-state index contributed by atoms with van der Waals surface area (Å²) in [7, 11) is 1.63. The summed E-state index contributed by atoms with van der Waals surface area (Å²) in [5.74, 6) is 0.845. The SMILES string of the molecule is COCCCOc1cc(C(=O)O)nc2ccc(OCC3CC3)cc12. The molecule has 0 bridgehead atoms. The standard InChI is InChI=1S/C18H21NO5/c1-22-7-2-8-23-17-10-16(18(20)21)19-15-6-5-13(9-14(15)17)24-11-12-3-4-12/h5-6,9-10,12H,2-4,7-8,11H2,1H3,(H,20,21). The molecule has 128 valence electrons. The first-order valence-electron chi connectivity index (χ1n) is 8.10. The maximum absolute atomic E-state index is 11.3. The second-order valence-electron chi connectivity index (χ2n) is 5.94. The van der Waals surface area contributed by atoms with E-state index in [1.165, 1.54) is 18.9 Å². The summed E-state index contributed by atoms with van der Waals surface area (Å²) in [5.41, 5.74) is 0.548. The Balaban J connectivity index is 1.86. The number of hydrogen-bond donors (Lipinski definition) is 1. The van der Waals surface area contributed by atoms with Crippen LogP contribution in [0.2, 0.25) is 0 Å². The molecule has 0 unspecified atom stereocenters. The fraction of sp³-hybridized carbons (Fsp3) is 0.444. The van der Waals surface area contributed by atoms with Crippen molar-refractivity contribution in [1.82, 2.24) is 4.98 Å². The van der Waals surface area contributed by atoms with E-state index in [0.717, 1.165) is 24.2 Å². The second-order valence-corrected chi connectivity index (χ2v) is 5.94. The Morgan fingerprint density at radius 3 is 2.79 bits per heavy atom. The number of benzene rings is 1. The topological polar surface area (TPSA) is 77.9 Å². The number of pyridine rings is 1. The van der Waals surface area contributed by atoms with E-state index in [0.29, 0.717) is 30.4 Å². The van der Waals surface area contributed by atoms with Gasteiger partial charge in [0.1, 0.15) is 11.5 Å². The van der Waals surface area contributed by atoms with Gasteiger partial charge in [-0.15, -0.1) is 0 Å². The fourth-order valence-corrected chi connectivity index (χ4v) is 2.38. The number of ether oxygens (including phenoxy) is 3. The van der Waals surface area contributed by atoms with Gasteiger partial charge in [0.05, 0.1) is 18.7 Å². The largest absolute Gasteiger partial charge is 0.493 e. The molecule has 0 amide bonds. The number of methoxy groups -OCH3 is 1. The minimum Gasteiger partial charge on any atom is -0.493 e. The minimum atomic E-state index is -1.08. The molecule has 0 saturated heterocycles. The first-order chi connectivity index (χ1) is 11.7. The number of hydrogen-bond acceptors (Lipinski definition) is 5. The molecule has 1 aliphatic carbocycles. The van der Waals surface area contributed by atoms with Gasteiger partial charge in [-0.2, -0.15) is 0 Å². The summed E-state index contributed by atoms with van der Waals surface area (Å²) in [6.07, 6.45) is 3.18. The summed E-state index contributed by atoms with van der Waals surface area (Å²) in [6, 6.07) is 6.91. The molecule has 6 nitrogen and oxygen atoms in total. The van der Waals surface area contributed by atoms with Crippen molar-refractivity contribution >= 4 is 16.9 Å². The Labute approximate surface area is 140 Å². The highest BCUT2D eigenvalue weighted by Crippen LogP contribution is 2.32. The third-order valence-electron chi connectivity index (χ3n) is 3.89. The number of rotatable bonds is 9. The lowest BCUT2D eigenvalue weighted by molar-refractivity contribution is 0.0690. The lowest BCUT2D eigenvalue weighted by Crippen LogP contribution is -2.06. The minimum absolute atomic E-state index is 0.0316. The maximum atomic E-state index is 11.3. The number of carbonyl (C=O) groups is 1. The Kier molecular flexibility index (Phi) is 5.15. The van der Waals surface area contributed by atoms with Crippen LogP contribution in [0.3, 0.4) is 0 Å². The first-order valence-corrected chi connectivity index (χ1v) is 8.10. The van der Waals surface area contributed by atoms with Crippen LogP contribution in [0, 0.1) is 5.92 Å². The summed E-state index contributed by atoms with van der Waals surface area (Å²) in [4.78, 5) is 15.4. The Morgan fingerprint density at radius 2 is 2.08 bits per heavy atom. The molecule has 2 aromatic rings. The monoisotopic (exact) mass is 331 g/mol. The van der Waals surface area contributed by atoms with E-state index >= 15 is 0 Å². The van der Waals surface area contributed by atoms with Gasteiger partial charge < -0.3 is 19.3 Å². The molecule has 24 heavy (non-hydrogen) atoms. The molecule has 1 N–H and O–H groups in total. The molecule has 0 aliphatic heterocycles. The summed E-state index contributed by atoms with van der Waals surface area (Å²) in [5, 5.41) is 9.98. The van der Waals surface area contributed by atoms with Gasteiger partial charge in [-0.05, 0) is 37.0 Å². The van der Waals surface area contributed by atoms with E-state index in [9.17, 15) is 9.90 Å². The van der Waals surface area contributed by atoms with Crippen LogP contribution < -0.4 is 9.47 Å². The third-order valence-corrected chi connectivity index (χ3v) is 3.89. The van der Waals surface area contributed by atoms with E-state index in [4.69, 9.17) is 14.2 Å². The highest BCUT2D eigenvalue weighted by molar-refractivity contribution is 5.93. The number of carboxylic acid groups (broad SMARTS) is 1. The van der Waals surface area contributed by atoms with Crippen molar-refractivity contribution in [2.24, 2.45) is 5.92 Å². The van der Waals surface area contributed by atoms with E-state index in [2.05, 4.69) is 4.98 Å². The summed E-state index contributed by atoms with van der Waals surface area (Å²) >= 11 is 0. The van der Waals surface area contributed by atoms with Gasteiger partial charge in [-0.1, -0.05) is 0 Å². The lowest BCUT2D eigenvalue weighted by Gasteiger charge is -2.12. The molecule has 1 heterocycles. The van der Waals surface area contributed by atoms with Crippen molar-refractivity contribution in [3.63, 3.8) is 0 Å². The van der Waals surface area contributed by atoms with Crippen molar-refractivity contribution in [2.75, 3.05) is 26.9 Å². The quantitative estimate of drug-likeness (QED) is 0.711. The third kappa shape index (κ3) is 4.14. The van der Waals surface area contributed by atoms with Crippen LogP contribution in [-0.4, -0.2) is 43.0 Å². The molecule has 1 aromatic heterocycles. The van der Waals surface area contributed by atoms with Crippen LogP contribution in [0.1, 0.15) is 29.8 Å². The molecule has 0 atom stereocenters. The Bertz CT molecular complexity index is 727. The van der Waals surface area contributed by atoms with Crippen LogP contribution in [-0.2, 0) is 4.74 Å². The normalized spacial score (nSPS) is 13.9. The van der Waals surface area contributed by atoms with Gasteiger partial charge in [0, 0.05) is 31.6 Å². The molecule has 3 rings (SSSR count). The van der Waals surface area contributed by atoms with Crippen molar-refractivity contribution in [3.05, 3.63) is 30.0 Å². The molecule has 0 radical (unpaired) electrons. The van der Waals surface area contributed by atoms with E-state index in [-0.39, 0.29) is 5.69 Å². The van der Waals surface area contributed by atoms with Gasteiger partial charge in [0.2, 0.25) is 0 Å². The van der Waals surface area contributed by atoms with Crippen LogP contribution >= 0.6 is 0 Å². The van der Waals surface area contributed by atoms with Gasteiger partial charge in [0.15, 0.2) is 5.69 Å². The molecule has 1 aromatic carbocycles. The molecule has 1 fully saturated rings. The van der Waals surface area contributed by atoms with E-state index in [1.807, 2.05) is 12.1 Å². The average Bonchev–Trinajstić information content (AvgIpc) is 3.40. The molecular formula is C18H21NO5.